The summed E-state index contributed by atoms with van der Waals surface area (Å²) in [6.07, 6.45) is 1.40. The number of carboxylic acid groups (broad SMARTS) is 1. The van der Waals surface area contributed by atoms with Crippen molar-refractivity contribution in [3.05, 3.63) is 46.5 Å². The van der Waals surface area contributed by atoms with Crippen molar-refractivity contribution in [3.63, 3.8) is 0 Å². The minimum atomic E-state index is -1.86. The van der Waals surface area contributed by atoms with Gasteiger partial charge in [-0.2, -0.15) is 11.8 Å². The third-order valence-corrected chi connectivity index (χ3v) is 13.7. The van der Waals surface area contributed by atoms with Crippen molar-refractivity contribution in [2.24, 2.45) is 11.8 Å². The minimum Gasteiger partial charge on any atom is -0.495 e. The van der Waals surface area contributed by atoms with Crippen LogP contribution in [0.2, 0.25) is 5.02 Å². The number of esters is 1. The van der Waals surface area contributed by atoms with E-state index in [9.17, 15) is 39.0 Å². The molecule has 17 nitrogen and oxygen atoms in total. The summed E-state index contributed by atoms with van der Waals surface area (Å²) in [5.41, 5.74) is -1.09. The van der Waals surface area contributed by atoms with Crippen LogP contribution in [0.1, 0.15) is 65.4 Å². The van der Waals surface area contributed by atoms with Crippen LogP contribution >= 0.6 is 23.4 Å². The number of alkyl carbamates (subject to hydrolysis) is 1. The maximum Gasteiger partial charge on any atom is 0.409 e. The molecule has 19 heteroatoms. The fourth-order valence-electron chi connectivity index (χ4n) is 8.18. The summed E-state index contributed by atoms with van der Waals surface area (Å²) >= 11 is 8.06. The number of piperidine rings is 1. The molecule has 0 unspecified atom stereocenters. The van der Waals surface area contributed by atoms with Crippen LogP contribution in [0.5, 0.6) is 5.75 Å². The Hall–Kier alpha value is -4.36. The van der Waals surface area contributed by atoms with Crippen LogP contribution in [0, 0.1) is 11.8 Å². The zero-order valence-electron chi connectivity index (χ0n) is 36.5. The number of benzene rings is 1. The number of likely N-dealkylation sites (N-methyl/N-ethyl adjacent to an activating group) is 1. The Bertz CT molecular complexity index is 1940. The molecular formula is C43H59ClN4O13S. The standard InChI is InChI=1S/C43H59ClN4O13S/c1-24-10-9-11-32(58-8)43(56)22-31(59-41(55)45-43)25(2)38-42(4,61-38)33(21-35(50)47(6)29-19-27(18-24)20-30(57-7)37(29)44)60-40(54)26(3)46(5)34(49)14-17-62-23-36(51)48-15-12-28(13-16-48)39(52)53/h9-11,19-20,25-26,28,31-33,38,56H,12-18,21-23H2,1-8H3,(H,45,55)(H,52,53)/b11-9+,24-10+/t25-,26-,31+,32-,33+,38+,42+,43+/m1/s1. The van der Waals surface area contributed by atoms with Gasteiger partial charge in [0.05, 0.1) is 37.0 Å². The Morgan fingerprint density at radius 3 is 2.50 bits per heavy atom. The van der Waals surface area contributed by atoms with Crippen LogP contribution in [0.3, 0.4) is 0 Å². The second-order valence-corrected chi connectivity index (χ2v) is 18.2. The Balaban J connectivity index is 1.34. The fourth-order valence-corrected chi connectivity index (χ4v) is 9.31. The van der Waals surface area contributed by atoms with Gasteiger partial charge in [0, 0.05) is 58.8 Å². The van der Waals surface area contributed by atoms with Crippen LogP contribution in [0.15, 0.2) is 35.9 Å². The summed E-state index contributed by atoms with van der Waals surface area (Å²) < 4.78 is 29.3. The van der Waals surface area contributed by atoms with Crippen molar-refractivity contribution >= 4 is 64.8 Å². The Labute approximate surface area is 371 Å². The number of amides is 4. The van der Waals surface area contributed by atoms with Crippen LogP contribution in [-0.2, 0) is 49.3 Å². The van der Waals surface area contributed by atoms with E-state index in [1.165, 1.54) is 49.8 Å². The number of thioether (sulfide) groups is 1. The van der Waals surface area contributed by atoms with Gasteiger partial charge in [-0.3, -0.25) is 24.5 Å². The molecule has 5 rings (SSSR count). The van der Waals surface area contributed by atoms with Gasteiger partial charge in [0.25, 0.3) is 0 Å². The molecule has 342 valence electrons. The van der Waals surface area contributed by atoms with Gasteiger partial charge in [0.2, 0.25) is 17.7 Å². The summed E-state index contributed by atoms with van der Waals surface area (Å²) in [5.74, 6) is -2.86. The van der Waals surface area contributed by atoms with Gasteiger partial charge in [0.15, 0.2) is 5.72 Å². The molecule has 4 amide bonds. The highest BCUT2D eigenvalue weighted by Crippen LogP contribution is 2.49. The highest BCUT2D eigenvalue weighted by atomic mass is 35.5. The van der Waals surface area contributed by atoms with Crippen molar-refractivity contribution in [2.75, 3.05) is 57.8 Å². The first-order valence-electron chi connectivity index (χ1n) is 20.7. The number of methoxy groups -OCH3 is 2. The summed E-state index contributed by atoms with van der Waals surface area (Å²) in [7, 11) is 5.91. The first-order valence-corrected chi connectivity index (χ1v) is 22.2. The second kappa shape index (κ2) is 20.4. The molecule has 4 bridgehead atoms. The molecule has 62 heavy (non-hydrogen) atoms. The number of hydrogen-bond acceptors (Lipinski definition) is 13. The number of carbonyl (C=O) groups is 6. The normalized spacial score (nSPS) is 30.1. The number of ether oxygens (including phenoxy) is 5. The van der Waals surface area contributed by atoms with E-state index in [1.54, 1.807) is 50.1 Å². The third kappa shape index (κ3) is 11.2. The molecule has 1 aromatic carbocycles. The second-order valence-electron chi connectivity index (χ2n) is 16.7. The number of epoxide rings is 1. The van der Waals surface area contributed by atoms with E-state index in [0.717, 1.165) is 11.1 Å². The van der Waals surface area contributed by atoms with E-state index in [-0.39, 0.29) is 41.9 Å². The van der Waals surface area contributed by atoms with Crippen molar-refractivity contribution in [1.82, 2.24) is 15.1 Å². The third-order valence-electron chi connectivity index (χ3n) is 12.4. The molecule has 0 spiro atoms. The molecule has 4 aliphatic heterocycles. The Morgan fingerprint density at radius 2 is 1.85 bits per heavy atom. The monoisotopic (exact) mass is 906 g/mol. The van der Waals surface area contributed by atoms with Gasteiger partial charge in [0.1, 0.15) is 40.7 Å². The van der Waals surface area contributed by atoms with Gasteiger partial charge in [-0.05, 0) is 57.7 Å². The molecule has 4 aliphatic rings. The molecule has 4 heterocycles. The number of carbonyl (C=O) groups excluding carboxylic acids is 5. The van der Waals surface area contributed by atoms with Crippen molar-refractivity contribution in [2.45, 2.75) is 108 Å². The summed E-state index contributed by atoms with van der Waals surface area (Å²) in [6, 6.07) is 2.46. The average Bonchev–Trinajstić information content (AvgIpc) is 3.94. The zero-order valence-corrected chi connectivity index (χ0v) is 38.1. The van der Waals surface area contributed by atoms with Crippen molar-refractivity contribution in [3.8, 4) is 5.75 Å². The molecule has 8 atom stereocenters. The molecular weight excluding hydrogens is 848 g/mol. The highest BCUT2D eigenvalue weighted by Gasteiger charge is 2.64. The lowest BCUT2D eigenvalue weighted by molar-refractivity contribution is -0.162. The van der Waals surface area contributed by atoms with Crippen LogP contribution < -0.4 is 15.0 Å². The number of aliphatic carboxylic acids is 1. The number of rotatable bonds is 11. The van der Waals surface area contributed by atoms with Crippen LogP contribution in [0.25, 0.3) is 0 Å². The van der Waals surface area contributed by atoms with E-state index in [1.807, 2.05) is 13.0 Å². The molecule has 0 aliphatic carbocycles. The fraction of sp³-hybridized carbons (Fsp3) is 0.628. The van der Waals surface area contributed by atoms with Crippen molar-refractivity contribution < 1.29 is 62.7 Å². The lowest BCUT2D eigenvalue weighted by atomic mass is 9.83. The van der Waals surface area contributed by atoms with E-state index in [4.69, 9.17) is 35.3 Å². The van der Waals surface area contributed by atoms with Gasteiger partial charge >= 0.3 is 18.0 Å². The number of fused-ring (bicyclic) bond motifs is 5. The quantitative estimate of drug-likeness (QED) is 0.163. The summed E-state index contributed by atoms with van der Waals surface area (Å²) in [6.45, 7) is 7.63. The molecule has 0 saturated carbocycles. The lowest BCUT2D eigenvalue weighted by Crippen LogP contribution is -2.63. The number of nitrogens with zero attached hydrogens (tertiary/aromatic N) is 3. The van der Waals surface area contributed by atoms with Gasteiger partial charge < -0.3 is 48.6 Å². The number of carboxylic acids is 1. The predicted octanol–water partition coefficient (Wildman–Crippen LogP) is 3.96. The van der Waals surface area contributed by atoms with Crippen molar-refractivity contribution in [1.29, 1.82) is 0 Å². The smallest absolute Gasteiger partial charge is 0.409 e. The number of halogens is 1. The molecule has 1 aromatic rings. The van der Waals surface area contributed by atoms with E-state index in [2.05, 4.69) is 5.32 Å². The van der Waals surface area contributed by atoms with E-state index in [0.29, 0.717) is 49.5 Å². The van der Waals surface area contributed by atoms with Gasteiger partial charge in [-0.1, -0.05) is 42.3 Å². The average molecular weight is 907 g/mol. The number of likely N-dealkylation sites (tertiary alicyclic amines) is 1. The molecule has 3 fully saturated rings. The summed E-state index contributed by atoms with van der Waals surface area (Å²) in [4.78, 5) is 82.6. The number of nitrogens with one attached hydrogen (secondary N) is 1. The molecule has 0 aromatic heterocycles. The van der Waals surface area contributed by atoms with E-state index < -0.39 is 77.6 Å². The zero-order chi connectivity index (χ0) is 45.7. The largest absolute Gasteiger partial charge is 0.495 e. The summed E-state index contributed by atoms with van der Waals surface area (Å²) in [5, 5.41) is 23.7. The maximum atomic E-state index is 14.2. The first-order chi connectivity index (χ1) is 29.2. The van der Waals surface area contributed by atoms with Gasteiger partial charge in [-0.15, -0.1) is 0 Å². The molecule has 0 radical (unpaired) electrons. The molecule has 3 saturated heterocycles. The minimum absolute atomic E-state index is 0.0277. The first kappa shape index (κ1) is 48.7. The Morgan fingerprint density at radius 1 is 1.16 bits per heavy atom. The SMILES string of the molecule is COc1cc2cc(c1Cl)N(C)C(=O)C[C@H](OC(=O)[C@@H](C)N(C)C(=O)CCSCC(=O)N1CCC(C(=O)O)CC1)[C@]1(C)O[C@H]1[C@H](C)[C@@H]1C[C@@](O)(NC(=O)O1)[C@H](OC)/C=C/C=C(\C)C2. The highest BCUT2D eigenvalue weighted by molar-refractivity contribution is 7.99. The van der Waals surface area contributed by atoms with Crippen LogP contribution in [0.4, 0.5) is 10.5 Å². The molecule has 3 N–H and O–H groups in total. The maximum absolute atomic E-state index is 14.2. The number of allylic oxidation sites excluding steroid dienone is 3. The lowest BCUT2D eigenvalue weighted by Gasteiger charge is -2.42. The number of hydrogen-bond donors (Lipinski definition) is 3. The number of aliphatic hydroxyl groups is 1. The van der Waals surface area contributed by atoms with Crippen LogP contribution in [-0.4, -0.2) is 150 Å². The number of anilines is 1. The Kier molecular flexibility index (Phi) is 16.0. The van der Waals surface area contributed by atoms with Gasteiger partial charge in [-0.25, -0.2) is 9.59 Å². The van der Waals surface area contributed by atoms with E-state index >= 15 is 0 Å². The predicted molar refractivity (Wildman–Crippen MR) is 230 cm³/mol. The topological polar surface area (TPSA) is 214 Å².